The predicted octanol–water partition coefficient (Wildman–Crippen LogP) is 1.74. The summed E-state index contributed by atoms with van der Waals surface area (Å²) in [6.07, 6.45) is 5.10. The van der Waals surface area contributed by atoms with Crippen LogP contribution >= 0.6 is 0 Å². The normalized spacial score (nSPS) is 9.96. The van der Waals surface area contributed by atoms with Crippen LogP contribution < -0.4 is 14.8 Å². The van der Waals surface area contributed by atoms with Crippen molar-refractivity contribution in [2.45, 2.75) is 6.92 Å². The quantitative estimate of drug-likeness (QED) is 0.484. The van der Waals surface area contributed by atoms with Gasteiger partial charge in [-0.25, -0.2) is 9.78 Å². The molecule has 0 aliphatic rings. The van der Waals surface area contributed by atoms with E-state index in [-0.39, 0.29) is 23.7 Å². The molecule has 1 N–H and O–H groups in total. The number of pyridine rings is 1. The lowest BCUT2D eigenvalue weighted by Crippen LogP contribution is -2.06. The molecule has 0 bridgehead atoms. The van der Waals surface area contributed by atoms with Crippen LogP contribution in [0.3, 0.4) is 0 Å². The molecular weight excluding hydrogens is 308 g/mol. The van der Waals surface area contributed by atoms with Crippen molar-refractivity contribution in [3.8, 4) is 17.6 Å². The predicted molar refractivity (Wildman–Crippen MR) is 85.7 cm³/mol. The highest BCUT2D eigenvalue weighted by molar-refractivity contribution is 5.97. The molecule has 0 aliphatic carbocycles. The number of methoxy groups -OCH3 is 1. The van der Waals surface area contributed by atoms with Gasteiger partial charge in [-0.1, -0.05) is 23.9 Å². The van der Waals surface area contributed by atoms with Gasteiger partial charge in [0, 0.05) is 12.1 Å². The Morgan fingerprint density at radius 2 is 2.04 bits per heavy atom. The third-order valence-electron chi connectivity index (χ3n) is 2.72. The van der Waals surface area contributed by atoms with Crippen LogP contribution in [-0.4, -0.2) is 19.7 Å². The van der Waals surface area contributed by atoms with E-state index in [9.17, 15) is 9.90 Å². The largest absolute Gasteiger partial charge is 0.870 e. The minimum absolute atomic E-state index is 0.127. The number of nitriles is 1. The van der Waals surface area contributed by atoms with Crippen molar-refractivity contribution in [2.24, 2.45) is 0 Å². The van der Waals surface area contributed by atoms with Gasteiger partial charge in [-0.2, -0.15) is 5.26 Å². The average Bonchev–Trinajstić information content (AvgIpc) is 2.63. The van der Waals surface area contributed by atoms with Gasteiger partial charge < -0.3 is 14.6 Å². The summed E-state index contributed by atoms with van der Waals surface area (Å²) in [5, 5.41) is 20.1. The Hall–Kier alpha value is -3.33. The second-order valence-electron chi connectivity index (χ2n) is 4.38. The monoisotopic (exact) mass is 326 g/mol. The molecule has 0 aliphatic heterocycles. The standard InChI is InChI=1S/C13H13NO4.C5H5N/c1-3-18-13(16)10(8-14)6-9-4-5-11(15)12(7-9)17-2;1-2-4-6-5-3-1/h4-7,15H,3H2,1-2H3;1-5H/b10-6+;. The fraction of sp³-hybridized carbons (Fsp3) is 0.167. The first-order valence-electron chi connectivity index (χ1n) is 7.17. The van der Waals surface area contributed by atoms with Crippen molar-refractivity contribution < 1.29 is 24.4 Å². The molecular formula is C18H18N2O4. The van der Waals surface area contributed by atoms with E-state index in [1.165, 1.54) is 31.4 Å². The molecule has 0 spiro atoms. The first kappa shape index (κ1) is 18.7. The van der Waals surface area contributed by atoms with E-state index in [0.717, 1.165) is 0 Å². The van der Waals surface area contributed by atoms with Crippen molar-refractivity contribution in [3.63, 3.8) is 0 Å². The topological polar surface area (TPSA) is 96.5 Å². The Balaban J connectivity index is 0.000000400. The van der Waals surface area contributed by atoms with Gasteiger partial charge in [-0.05, 0) is 24.6 Å². The maximum absolute atomic E-state index is 11.4. The van der Waals surface area contributed by atoms with E-state index in [1.807, 2.05) is 30.6 Å². The number of rotatable bonds is 4. The van der Waals surface area contributed by atoms with Gasteiger partial charge in [0.25, 0.3) is 0 Å². The number of nitrogens with zero attached hydrogens (tertiary/aromatic N) is 1. The summed E-state index contributed by atoms with van der Waals surface area (Å²) < 4.78 is 9.59. The zero-order chi connectivity index (χ0) is 17.8. The van der Waals surface area contributed by atoms with Gasteiger partial charge in [-0.3, -0.25) is 0 Å². The summed E-state index contributed by atoms with van der Waals surface area (Å²) >= 11 is 0. The SMILES string of the molecule is CCOC(=O)/C(C#N)=C/c1ccc([O-])c(OC)c1.c1cc[nH+]cc1. The van der Waals surface area contributed by atoms with Gasteiger partial charge >= 0.3 is 5.97 Å². The van der Waals surface area contributed by atoms with Crippen LogP contribution in [0.1, 0.15) is 12.5 Å². The van der Waals surface area contributed by atoms with Crippen molar-refractivity contribution in [2.75, 3.05) is 13.7 Å². The number of aromatic amines is 1. The Morgan fingerprint density at radius 3 is 2.50 bits per heavy atom. The molecule has 24 heavy (non-hydrogen) atoms. The molecule has 2 aromatic rings. The van der Waals surface area contributed by atoms with E-state index in [2.05, 4.69) is 4.98 Å². The van der Waals surface area contributed by atoms with E-state index in [0.29, 0.717) is 5.56 Å². The molecule has 6 nitrogen and oxygen atoms in total. The molecule has 2 rings (SSSR count). The third-order valence-corrected chi connectivity index (χ3v) is 2.72. The maximum atomic E-state index is 11.4. The minimum atomic E-state index is -0.690. The number of benzene rings is 1. The summed E-state index contributed by atoms with van der Waals surface area (Å²) in [5.74, 6) is -0.792. The van der Waals surface area contributed by atoms with Gasteiger partial charge in [0.05, 0.1) is 13.7 Å². The van der Waals surface area contributed by atoms with E-state index in [4.69, 9.17) is 14.7 Å². The number of aromatic nitrogens is 1. The first-order valence-corrected chi connectivity index (χ1v) is 7.17. The smallest absolute Gasteiger partial charge is 0.348 e. The lowest BCUT2D eigenvalue weighted by molar-refractivity contribution is -0.377. The van der Waals surface area contributed by atoms with Crippen LogP contribution in [0, 0.1) is 11.3 Å². The summed E-state index contributed by atoms with van der Waals surface area (Å²) in [6, 6.07) is 11.9. The highest BCUT2D eigenvalue weighted by Crippen LogP contribution is 2.24. The summed E-state index contributed by atoms with van der Waals surface area (Å²) in [7, 11) is 1.38. The van der Waals surface area contributed by atoms with Crippen LogP contribution in [0.15, 0.2) is 54.4 Å². The molecule has 1 aromatic heterocycles. The Labute approximate surface area is 140 Å². The summed E-state index contributed by atoms with van der Waals surface area (Å²) in [5.41, 5.74) is 0.397. The second kappa shape index (κ2) is 10.4. The Bertz CT molecular complexity index is 695. The molecule has 1 aromatic carbocycles. The average molecular weight is 326 g/mol. The lowest BCUT2D eigenvalue weighted by Gasteiger charge is -2.12. The number of nitrogens with one attached hydrogen (secondary N) is 1. The lowest BCUT2D eigenvalue weighted by atomic mass is 10.1. The summed E-state index contributed by atoms with van der Waals surface area (Å²) in [4.78, 5) is 14.3. The van der Waals surface area contributed by atoms with Crippen LogP contribution in [0.5, 0.6) is 11.5 Å². The highest BCUT2D eigenvalue weighted by atomic mass is 16.5. The maximum Gasteiger partial charge on any atom is 0.348 e. The highest BCUT2D eigenvalue weighted by Gasteiger charge is 2.09. The molecule has 0 amide bonds. The van der Waals surface area contributed by atoms with E-state index in [1.54, 1.807) is 13.0 Å². The van der Waals surface area contributed by atoms with Crippen LogP contribution in [0.25, 0.3) is 6.08 Å². The van der Waals surface area contributed by atoms with E-state index < -0.39 is 5.97 Å². The van der Waals surface area contributed by atoms with Gasteiger partial charge in [-0.15, -0.1) is 0 Å². The molecule has 0 saturated carbocycles. The molecule has 124 valence electrons. The second-order valence-corrected chi connectivity index (χ2v) is 4.38. The van der Waals surface area contributed by atoms with Crippen LogP contribution in [0.2, 0.25) is 0 Å². The van der Waals surface area contributed by atoms with Gasteiger partial charge in [0.1, 0.15) is 17.4 Å². The molecule has 1 heterocycles. The number of H-pyrrole nitrogens is 1. The zero-order valence-electron chi connectivity index (χ0n) is 13.5. The van der Waals surface area contributed by atoms with Crippen LogP contribution in [0.4, 0.5) is 0 Å². The summed E-state index contributed by atoms with van der Waals surface area (Å²) in [6.45, 7) is 1.85. The minimum Gasteiger partial charge on any atom is -0.870 e. The van der Waals surface area contributed by atoms with Crippen molar-refractivity contribution in [1.29, 1.82) is 5.26 Å². The van der Waals surface area contributed by atoms with Crippen molar-refractivity contribution in [3.05, 3.63) is 59.9 Å². The van der Waals surface area contributed by atoms with Gasteiger partial charge in [0.2, 0.25) is 0 Å². The fourth-order valence-electron chi connectivity index (χ4n) is 1.63. The molecule has 0 atom stereocenters. The van der Waals surface area contributed by atoms with Gasteiger partial charge in [0.15, 0.2) is 12.4 Å². The fourth-order valence-corrected chi connectivity index (χ4v) is 1.63. The third kappa shape index (κ3) is 6.20. The number of carbonyl (C=O) groups excluding carboxylic acids is 1. The molecule has 6 heteroatoms. The van der Waals surface area contributed by atoms with E-state index >= 15 is 0 Å². The number of ether oxygens (including phenoxy) is 2. The Kier molecular flexibility index (Phi) is 8.12. The Morgan fingerprint density at radius 1 is 1.33 bits per heavy atom. The molecule has 0 saturated heterocycles. The number of carbonyl (C=O) groups is 1. The number of hydrogen-bond acceptors (Lipinski definition) is 5. The molecule has 0 fully saturated rings. The first-order chi connectivity index (χ1) is 11.6. The van der Waals surface area contributed by atoms with Crippen LogP contribution in [-0.2, 0) is 9.53 Å². The zero-order valence-corrected chi connectivity index (χ0v) is 13.5. The number of esters is 1. The van der Waals surface area contributed by atoms with Crippen molar-refractivity contribution in [1.82, 2.24) is 0 Å². The molecule has 0 radical (unpaired) electrons. The number of hydrogen-bond donors (Lipinski definition) is 0. The molecule has 0 unspecified atom stereocenters. The van der Waals surface area contributed by atoms with Crippen molar-refractivity contribution >= 4 is 12.0 Å².